The standard InChI is InChI=1S/C26H21N3O2/c27-22-17-16-21-25(28-22)29(26(30)24(31-21)20-14-8-3-9-15-20)23(18-10-4-1-5-11-18)19-12-6-2-7-13-19/h1-17,23-24H,(H2,27,28). The molecule has 1 aromatic heterocycles. The van der Waals surface area contributed by atoms with Gasteiger partial charge in [0.25, 0.3) is 5.91 Å². The second-order valence-corrected chi connectivity index (χ2v) is 7.40. The maximum atomic E-state index is 13.9. The lowest BCUT2D eigenvalue weighted by atomic mass is 9.95. The summed E-state index contributed by atoms with van der Waals surface area (Å²) in [4.78, 5) is 20.1. The Labute approximate surface area is 180 Å². The second-order valence-electron chi connectivity index (χ2n) is 7.40. The average Bonchev–Trinajstić information content (AvgIpc) is 2.82. The normalized spacial score (nSPS) is 15.5. The third-order valence-corrected chi connectivity index (χ3v) is 5.39. The first-order chi connectivity index (χ1) is 15.2. The zero-order valence-electron chi connectivity index (χ0n) is 16.8. The third kappa shape index (κ3) is 3.51. The molecule has 5 nitrogen and oxygen atoms in total. The van der Waals surface area contributed by atoms with Crippen molar-refractivity contribution in [2.24, 2.45) is 0 Å². The Hall–Kier alpha value is -4.12. The number of nitrogens with zero attached hydrogens (tertiary/aromatic N) is 2. The molecule has 31 heavy (non-hydrogen) atoms. The molecule has 0 saturated carbocycles. The van der Waals surface area contributed by atoms with Crippen LogP contribution in [0.2, 0.25) is 0 Å². The van der Waals surface area contributed by atoms with E-state index in [1.165, 1.54) is 0 Å². The fourth-order valence-corrected chi connectivity index (χ4v) is 3.97. The van der Waals surface area contributed by atoms with Crippen LogP contribution in [0.5, 0.6) is 5.75 Å². The van der Waals surface area contributed by atoms with Gasteiger partial charge in [-0.25, -0.2) is 4.98 Å². The van der Waals surface area contributed by atoms with Crippen molar-refractivity contribution in [3.63, 3.8) is 0 Å². The zero-order valence-corrected chi connectivity index (χ0v) is 16.8. The van der Waals surface area contributed by atoms with Crippen molar-refractivity contribution in [2.75, 3.05) is 10.6 Å². The van der Waals surface area contributed by atoms with Gasteiger partial charge in [-0.2, -0.15) is 0 Å². The molecule has 0 aliphatic carbocycles. The summed E-state index contributed by atoms with van der Waals surface area (Å²) in [5, 5.41) is 0. The first kappa shape index (κ1) is 18.9. The van der Waals surface area contributed by atoms with Crippen LogP contribution >= 0.6 is 0 Å². The number of aromatic nitrogens is 1. The highest BCUT2D eigenvalue weighted by Crippen LogP contribution is 2.44. The van der Waals surface area contributed by atoms with E-state index in [2.05, 4.69) is 4.98 Å². The summed E-state index contributed by atoms with van der Waals surface area (Å²) in [6.45, 7) is 0. The Kier molecular flexibility index (Phi) is 4.84. The van der Waals surface area contributed by atoms with E-state index in [9.17, 15) is 4.79 Å². The Morgan fingerprint density at radius 3 is 1.90 bits per heavy atom. The molecule has 1 unspecified atom stereocenters. The van der Waals surface area contributed by atoms with Crippen molar-refractivity contribution < 1.29 is 9.53 Å². The van der Waals surface area contributed by atoms with Crippen LogP contribution in [0.4, 0.5) is 11.6 Å². The Morgan fingerprint density at radius 1 is 0.774 bits per heavy atom. The third-order valence-electron chi connectivity index (χ3n) is 5.39. The van der Waals surface area contributed by atoms with E-state index in [4.69, 9.17) is 10.5 Å². The molecule has 1 aliphatic heterocycles. The molecule has 0 radical (unpaired) electrons. The van der Waals surface area contributed by atoms with Crippen LogP contribution in [0, 0.1) is 0 Å². The number of benzene rings is 3. The van der Waals surface area contributed by atoms with Crippen LogP contribution in [0.25, 0.3) is 0 Å². The van der Waals surface area contributed by atoms with Gasteiger partial charge < -0.3 is 10.5 Å². The van der Waals surface area contributed by atoms with Gasteiger partial charge in [-0.3, -0.25) is 9.69 Å². The molecule has 5 heteroatoms. The summed E-state index contributed by atoms with van der Waals surface area (Å²) in [7, 11) is 0. The minimum atomic E-state index is -0.769. The molecule has 0 fully saturated rings. The molecule has 3 aromatic carbocycles. The first-order valence-electron chi connectivity index (χ1n) is 10.1. The summed E-state index contributed by atoms with van der Waals surface area (Å²) in [6, 6.07) is 32.5. The van der Waals surface area contributed by atoms with Gasteiger partial charge in [0.1, 0.15) is 5.82 Å². The number of nitrogen functional groups attached to an aromatic ring is 1. The van der Waals surface area contributed by atoms with E-state index in [-0.39, 0.29) is 11.9 Å². The average molecular weight is 407 g/mol. The van der Waals surface area contributed by atoms with Gasteiger partial charge >= 0.3 is 0 Å². The number of fused-ring (bicyclic) bond motifs is 1. The minimum Gasteiger partial charge on any atom is -0.472 e. The highest BCUT2D eigenvalue weighted by molar-refractivity contribution is 6.01. The summed E-state index contributed by atoms with van der Waals surface area (Å²) < 4.78 is 6.13. The van der Waals surface area contributed by atoms with Gasteiger partial charge in [0.15, 0.2) is 11.6 Å². The van der Waals surface area contributed by atoms with Crippen LogP contribution in [0.3, 0.4) is 0 Å². The smallest absolute Gasteiger partial charge is 0.274 e. The number of hydrogen-bond donors (Lipinski definition) is 1. The summed E-state index contributed by atoms with van der Waals surface area (Å²) >= 11 is 0. The Morgan fingerprint density at radius 2 is 1.32 bits per heavy atom. The van der Waals surface area contributed by atoms with Gasteiger partial charge in [0.05, 0.1) is 6.04 Å². The van der Waals surface area contributed by atoms with Crippen molar-refractivity contribution in [3.05, 3.63) is 120 Å². The van der Waals surface area contributed by atoms with Crippen molar-refractivity contribution >= 4 is 17.5 Å². The molecule has 1 aliphatic rings. The summed E-state index contributed by atoms with van der Waals surface area (Å²) in [5.41, 5.74) is 8.76. The van der Waals surface area contributed by atoms with Crippen molar-refractivity contribution in [3.8, 4) is 5.75 Å². The summed E-state index contributed by atoms with van der Waals surface area (Å²) in [5.74, 6) is 1.10. The predicted molar refractivity (Wildman–Crippen MR) is 121 cm³/mol. The minimum absolute atomic E-state index is 0.186. The lowest BCUT2D eigenvalue weighted by Gasteiger charge is -2.39. The lowest BCUT2D eigenvalue weighted by molar-refractivity contribution is -0.127. The van der Waals surface area contributed by atoms with E-state index in [0.717, 1.165) is 16.7 Å². The molecule has 2 heterocycles. The molecule has 1 amide bonds. The van der Waals surface area contributed by atoms with Gasteiger partial charge in [0, 0.05) is 5.56 Å². The summed E-state index contributed by atoms with van der Waals surface area (Å²) in [6.07, 6.45) is -0.769. The number of rotatable bonds is 4. The van der Waals surface area contributed by atoms with Gasteiger partial charge in [-0.05, 0) is 23.3 Å². The Bertz CT molecular complexity index is 1160. The van der Waals surface area contributed by atoms with Crippen molar-refractivity contribution in [1.82, 2.24) is 4.98 Å². The van der Waals surface area contributed by atoms with Gasteiger partial charge in [0.2, 0.25) is 6.10 Å². The SMILES string of the molecule is Nc1ccc2c(n1)N(C(c1ccccc1)c1ccccc1)C(=O)C(c1ccccc1)O2. The van der Waals surface area contributed by atoms with E-state index >= 15 is 0 Å². The van der Waals surface area contributed by atoms with Crippen LogP contribution in [0.15, 0.2) is 103 Å². The van der Waals surface area contributed by atoms with E-state index in [1.54, 1.807) is 17.0 Å². The molecule has 2 N–H and O–H groups in total. The number of pyridine rings is 1. The zero-order chi connectivity index (χ0) is 21.2. The molecule has 0 spiro atoms. The topological polar surface area (TPSA) is 68.5 Å². The molecular weight excluding hydrogens is 386 g/mol. The monoisotopic (exact) mass is 407 g/mol. The Balaban J connectivity index is 1.72. The van der Waals surface area contributed by atoms with Crippen LogP contribution in [-0.2, 0) is 4.79 Å². The van der Waals surface area contributed by atoms with Gasteiger partial charge in [-0.1, -0.05) is 91.0 Å². The predicted octanol–water partition coefficient (Wildman–Crippen LogP) is 4.92. The highest BCUT2D eigenvalue weighted by Gasteiger charge is 2.41. The molecular formula is C26H21N3O2. The fourth-order valence-electron chi connectivity index (χ4n) is 3.97. The van der Waals surface area contributed by atoms with E-state index in [1.807, 2.05) is 91.0 Å². The molecule has 4 aromatic rings. The second kappa shape index (κ2) is 7.95. The highest BCUT2D eigenvalue weighted by atomic mass is 16.5. The molecule has 5 rings (SSSR count). The van der Waals surface area contributed by atoms with Crippen LogP contribution in [-0.4, -0.2) is 10.9 Å². The molecule has 0 bridgehead atoms. The van der Waals surface area contributed by atoms with Crippen LogP contribution in [0.1, 0.15) is 28.8 Å². The number of amides is 1. The van der Waals surface area contributed by atoms with Crippen molar-refractivity contribution in [1.29, 1.82) is 0 Å². The quantitative estimate of drug-likeness (QED) is 0.521. The van der Waals surface area contributed by atoms with Crippen molar-refractivity contribution in [2.45, 2.75) is 12.1 Å². The lowest BCUT2D eigenvalue weighted by Crippen LogP contribution is -2.44. The maximum absolute atomic E-state index is 13.9. The number of nitrogens with two attached hydrogens (primary N) is 1. The van der Waals surface area contributed by atoms with Crippen LogP contribution < -0.4 is 15.4 Å². The number of hydrogen-bond acceptors (Lipinski definition) is 4. The number of ether oxygens (including phenoxy) is 1. The maximum Gasteiger partial charge on any atom is 0.274 e. The first-order valence-corrected chi connectivity index (χ1v) is 10.1. The largest absolute Gasteiger partial charge is 0.472 e. The number of carbonyl (C=O) groups is 1. The van der Waals surface area contributed by atoms with E-state index < -0.39 is 6.10 Å². The molecule has 152 valence electrons. The molecule has 0 saturated heterocycles. The van der Waals surface area contributed by atoms with E-state index in [0.29, 0.717) is 17.4 Å². The molecule has 1 atom stereocenters. The number of carbonyl (C=O) groups excluding carboxylic acids is 1. The van der Waals surface area contributed by atoms with Gasteiger partial charge in [-0.15, -0.1) is 0 Å². The fraction of sp³-hybridized carbons (Fsp3) is 0.0769. The number of anilines is 2.